The van der Waals surface area contributed by atoms with Gasteiger partial charge in [0.2, 0.25) is 0 Å². The molecule has 0 aliphatic rings. The van der Waals surface area contributed by atoms with Crippen LogP contribution in [0.4, 0.5) is 0 Å². The van der Waals surface area contributed by atoms with Crippen molar-refractivity contribution in [3.05, 3.63) is 50.7 Å². The zero-order valence-electron chi connectivity index (χ0n) is 12.0. The number of hydrogen-bond donors (Lipinski definition) is 1. The second-order valence-corrected chi connectivity index (χ2v) is 5.99. The van der Waals surface area contributed by atoms with Crippen molar-refractivity contribution >= 4 is 27.5 Å². The maximum absolute atomic E-state index is 6.23. The van der Waals surface area contributed by atoms with E-state index in [1.54, 1.807) is 0 Å². The lowest BCUT2D eigenvalue weighted by molar-refractivity contribution is 0.530. The maximum atomic E-state index is 6.23. The van der Waals surface area contributed by atoms with Gasteiger partial charge in [-0.15, -0.1) is 0 Å². The smallest absolute Gasteiger partial charge is 0.0739 e. The Morgan fingerprint density at radius 1 is 1.40 bits per heavy atom. The summed E-state index contributed by atoms with van der Waals surface area (Å²) in [6, 6.07) is 8.12. The minimum absolute atomic E-state index is 0.191. The average molecular weight is 357 g/mol. The fourth-order valence-corrected chi connectivity index (χ4v) is 2.95. The summed E-state index contributed by atoms with van der Waals surface area (Å²) in [6.45, 7) is 7.84. The van der Waals surface area contributed by atoms with E-state index in [1.165, 1.54) is 5.69 Å². The first kappa shape index (κ1) is 15.5. The van der Waals surface area contributed by atoms with Gasteiger partial charge in [0.1, 0.15) is 0 Å². The Balaban J connectivity index is 2.11. The lowest BCUT2D eigenvalue weighted by Crippen LogP contribution is -2.20. The summed E-state index contributed by atoms with van der Waals surface area (Å²) in [5.74, 6) is 0. The van der Waals surface area contributed by atoms with E-state index >= 15 is 0 Å². The SMILES string of the molecule is CCn1nc(C)c(Br)c1CN[C@H](C)c1ccccc1Cl. The minimum atomic E-state index is 0.191. The molecule has 1 aromatic heterocycles. The quantitative estimate of drug-likeness (QED) is 0.856. The largest absolute Gasteiger partial charge is 0.304 e. The van der Waals surface area contributed by atoms with Crippen LogP contribution in [0.1, 0.15) is 36.8 Å². The Hall–Kier alpha value is -0.840. The van der Waals surface area contributed by atoms with Crippen molar-refractivity contribution in [3.8, 4) is 0 Å². The Morgan fingerprint density at radius 3 is 2.75 bits per heavy atom. The second kappa shape index (κ2) is 6.74. The van der Waals surface area contributed by atoms with Crippen molar-refractivity contribution in [2.75, 3.05) is 0 Å². The number of aryl methyl sites for hydroxylation is 2. The van der Waals surface area contributed by atoms with E-state index < -0.39 is 0 Å². The van der Waals surface area contributed by atoms with Crippen LogP contribution in [-0.4, -0.2) is 9.78 Å². The first-order chi connectivity index (χ1) is 9.54. The van der Waals surface area contributed by atoms with Gasteiger partial charge in [0.15, 0.2) is 0 Å². The predicted molar refractivity (Wildman–Crippen MR) is 87.0 cm³/mol. The number of benzene rings is 1. The van der Waals surface area contributed by atoms with Gasteiger partial charge in [-0.3, -0.25) is 4.68 Å². The highest BCUT2D eigenvalue weighted by Gasteiger charge is 2.14. The summed E-state index contributed by atoms with van der Waals surface area (Å²) in [6.07, 6.45) is 0. The highest BCUT2D eigenvalue weighted by molar-refractivity contribution is 9.10. The van der Waals surface area contributed by atoms with Crippen molar-refractivity contribution in [1.82, 2.24) is 15.1 Å². The molecule has 0 amide bonds. The molecule has 0 spiro atoms. The molecule has 5 heteroatoms. The third kappa shape index (κ3) is 3.25. The zero-order valence-corrected chi connectivity index (χ0v) is 14.3. The molecule has 1 heterocycles. The normalized spacial score (nSPS) is 12.7. The van der Waals surface area contributed by atoms with Crippen molar-refractivity contribution in [2.45, 2.75) is 39.9 Å². The molecule has 0 unspecified atom stereocenters. The van der Waals surface area contributed by atoms with Crippen molar-refractivity contribution in [3.63, 3.8) is 0 Å². The van der Waals surface area contributed by atoms with Gasteiger partial charge < -0.3 is 5.32 Å². The van der Waals surface area contributed by atoms with Crippen LogP contribution >= 0.6 is 27.5 Å². The van der Waals surface area contributed by atoms with Crippen LogP contribution < -0.4 is 5.32 Å². The van der Waals surface area contributed by atoms with Gasteiger partial charge in [0, 0.05) is 24.2 Å². The summed E-state index contributed by atoms with van der Waals surface area (Å²) in [5.41, 5.74) is 3.31. The van der Waals surface area contributed by atoms with Gasteiger partial charge in [-0.2, -0.15) is 5.10 Å². The van der Waals surface area contributed by atoms with E-state index in [2.05, 4.69) is 46.3 Å². The molecule has 0 bridgehead atoms. The molecule has 2 rings (SSSR count). The molecule has 0 radical (unpaired) electrons. The molecular weight excluding hydrogens is 338 g/mol. The number of halogens is 2. The fourth-order valence-electron chi connectivity index (χ4n) is 2.22. The van der Waals surface area contributed by atoms with Crippen LogP contribution in [0.2, 0.25) is 5.02 Å². The Bertz CT molecular complexity index is 595. The third-order valence-electron chi connectivity index (χ3n) is 3.40. The second-order valence-electron chi connectivity index (χ2n) is 4.79. The number of aromatic nitrogens is 2. The molecule has 108 valence electrons. The maximum Gasteiger partial charge on any atom is 0.0739 e. The molecule has 0 fully saturated rings. The van der Waals surface area contributed by atoms with Crippen LogP contribution in [0, 0.1) is 6.92 Å². The number of hydrogen-bond acceptors (Lipinski definition) is 2. The average Bonchev–Trinajstić information content (AvgIpc) is 2.72. The van der Waals surface area contributed by atoms with Gasteiger partial charge in [-0.25, -0.2) is 0 Å². The summed E-state index contributed by atoms with van der Waals surface area (Å²) < 4.78 is 3.10. The minimum Gasteiger partial charge on any atom is -0.304 e. The van der Waals surface area contributed by atoms with Gasteiger partial charge in [0.05, 0.1) is 15.9 Å². The van der Waals surface area contributed by atoms with Crippen molar-refractivity contribution in [1.29, 1.82) is 0 Å². The Labute approximate surface area is 133 Å². The summed E-state index contributed by atoms with van der Waals surface area (Å²) in [7, 11) is 0. The standard InChI is InChI=1S/C15H19BrClN3/c1-4-20-14(15(16)11(3)19-20)9-18-10(2)12-7-5-6-8-13(12)17/h5-8,10,18H,4,9H2,1-3H3/t10-/m1/s1. The lowest BCUT2D eigenvalue weighted by atomic mass is 10.1. The van der Waals surface area contributed by atoms with Crippen LogP contribution in [0.25, 0.3) is 0 Å². The van der Waals surface area contributed by atoms with E-state index in [4.69, 9.17) is 11.6 Å². The van der Waals surface area contributed by atoms with Crippen molar-refractivity contribution < 1.29 is 0 Å². The first-order valence-electron chi connectivity index (χ1n) is 6.74. The lowest BCUT2D eigenvalue weighted by Gasteiger charge is -2.16. The molecule has 0 aliphatic heterocycles. The predicted octanol–water partition coefficient (Wildman–Crippen LogP) is 4.48. The van der Waals surface area contributed by atoms with Crippen LogP contribution in [0.15, 0.2) is 28.7 Å². The number of rotatable bonds is 5. The molecule has 1 N–H and O–H groups in total. The molecule has 20 heavy (non-hydrogen) atoms. The fraction of sp³-hybridized carbons (Fsp3) is 0.400. The Kier molecular flexibility index (Phi) is 5.24. The van der Waals surface area contributed by atoms with E-state index in [0.29, 0.717) is 0 Å². The monoisotopic (exact) mass is 355 g/mol. The molecule has 1 aromatic carbocycles. The van der Waals surface area contributed by atoms with Gasteiger partial charge in [0.25, 0.3) is 0 Å². The highest BCUT2D eigenvalue weighted by Crippen LogP contribution is 2.24. The zero-order chi connectivity index (χ0) is 14.7. The molecule has 1 atom stereocenters. The van der Waals surface area contributed by atoms with Crippen LogP contribution in [0.5, 0.6) is 0 Å². The molecule has 0 saturated carbocycles. The molecule has 0 aliphatic carbocycles. The summed E-state index contributed by atoms with van der Waals surface area (Å²) in [4.78, 5) is 0. The van der Waals surface area contributed by atoms with E-state index in [1.807, 2.05) is 29.8 Å². The van der Waals surface area contributed by atoms with Gasteiger partial charge in [-0.05, 0) is 48.3 Å². The summed E-state index contributed by atoms with van der Waals surface area (Å²) >= 11 is 9.84. The molecule has 0 saturated heterocycles. The molecule has 2 aromatic rings. The van der Waals surface area contributed by atoms with Gasteiger partial charge in [-0.1, -0.05) is 29.8 Å². The van der Waals surface area contributed by atoms with Crippen molar-refractivity contribution in [2.24, 2.45) is 0 Å². The highest BCUT2D eigenvalue weighted by atomic mass is 79.9. The van der Waals surface area contributed by atoms with Crippen LogP contribution in [-0.2, 0) is 13.1 Å². The summed E-state index contributed by atoms with van der Waals surface area (Å²) in [5, 5.41) is 8.81. The molecule has 3 nitrogen and oxygen atoms in total. The number of nitrogens with zero attached hydrogens (tertiary/aromatic N) is 2. The number of nitrogens with one attached hydrogen (secondary N) is 1. The van der Waals surface area contributed by atoms with E-state index in [9.17, 15) is 0 Å². The van der Waals surface area contributed by atoms with Crippen LogP contribution in [0.3, 0.4) is 0 Å². The van der Waals surface area contributed by atoms with E-state index in [0.717, 1.165) is 33.8 Å². The Morgan fingerprint density at radius 2 is 2.10 bits per heavy atom. The van der Waals surface area contributed by atoms with E-state index in [-0.39, 0.29) is 6.04 Å². The van der Waals surface area contributed by atoms with Gasteiger partial charge >= 0.3 is 0 Å². The first-order valence-corrected chi connectivity index (χ1v) is 7.91. The third-order valence-corrected chi connectivity index (χ3v) is 4.78. The molecular formula is C15H19BrClN3. The topological polar surface area (TPSA) is 29.9 Å².